The van der Waals surface area contributed by atoms with Crippen LogP contribution in [0.1, 0.15) is 19.4 Å². The van der Waals surface area contributed by atoms with Crippen molar-refractivity contribution in [3.63, 3.8) is 0 Å². The fraction of sp³-hybridized carbons (Fsp3) is 0.333. The van der Waals surface area contributed by atoms with Gasteiger partial charge in [0.2, 0.25) is 0 Å². The molecular formula is C15H16ClNO4S. The Morgan fingerprint density at radius 1 is 1.32 bits per heavy atom. The molecule has 0 spiro atoms. The van der Waals surface area contributed by atoms with Crippen molar-refractivity contribution in [2.24, 2.45) is 0 Å². The van der Waals surface area contributed by atoms with Crippen LogP contribution in [0.15, 0.2) is 23.1 Å². The summed E-state index contributed by atoms with van der Waals surface area (Å²) in [4.78, 5) is 22.9. The third kappa shape index (κ3) is 4.76. The molecule has 5 nitrogen and oxygen atoms in total. The molecular weight excluding hydrogens is 326 g/mol. The first-order chi connectivity index (χ1) is 10.5. The minimum Gasteiger partial charge on any atom is -0.491 e. The van der Waals surface area contributed by atoms with Crippen molar-refractivity contribution in [1.29, 1.82) is 0 Å². The number of imide groups is 1. The maximum absolute atomic E-state index is 11.5. The summed E-state index contributed by atoms with van der Waals surface area (Å²) in [7, 11) is 0. The number of rotatable bonds is 6. The van der Waals surface area contributed by atoms with Gasteiger partial charge in [-0.15, -0.1) is 0 Å². The fourth-order valence-electron chi connectivity index (χ4n) is 1.72. The first-order valence-corrected chi connectivity index (χ1v) is 7.94. The van der Waals surface area contributed by atoms with E-state index in [2.05, 4.69) is 5.32 Å². The third-order valence-corrected chi connectivity index (χ3v) is 3.84. The molecule has 0 saturated carbocycles. The van der Waals surface area contributed by atoms with Crippen molar-refractivity contribution in [3.8, 4) is 5.75 Å². The summed E-state index contributed by atoms with van der Waals surface area (Å²) in [6.07, 6.45) is 1.75. The molecule has 0 aliphatic carbocycles. The number of halogens is 1. The number of ether oxygens (including phenoxy) is 2. The lowest BCUT2D eigenvalue weighted by Crippen LogP contribution is -2.17. The lowest BCUT2D eigenvalue weighted by Gasteiger charge is -2.10. The maximum atomic E-state index is 11.5. The van der Waals surface area contributed by atoms with E-state index in [9.17, 15) is 9.59 Å². The highest BCUT2D eigenvalue weighted by molar-refractivity contribution is 8.18. The molecule has 0 bridgehead atoms. The Kier molecular flexibility index (Phi) is 5.88. The Balaban J connectivity index is 1.99. The van der Waals surface area contributed by atoms with Crippen LogP contribution in [-0.2, 0) is 9.53 Å². The molecule has 7 heteroatoms. The number of hydrogen-bond acceptors (Lipinski definition) is 5. The van der Waals surface area contributed by atoms with Gasteiger partial charge in [0.25, 0.3) is 11.1 Å². The first kappa shape index (κ1) is 16.9. The van der Waals surface area contributed by atoms with E-state index in [1.54, 1.807) is 24.3 Å². The smallest absolute Gasteiger partial charge is 0.290 e. The number of hydrogen-bond donors (Lipinski definition) is 1. The van der Waals surface area contributed by atoms with E-state index in [1.165, 1.54) is 0 Å². The average molecular weight is 342 g/mol. The summed E-state index contributed by atoms with van der Waals surface area (Å²) in [5.41, 5.74) is 0.653. The van der Waals surface area contributed by atoms with E-state index in [-0.39, 0.29) is 11.3 Å². The molecule has 0 atom stereocenters. The first-order valence-electron chi connectivity index (χ1n) is 6.74. The van der Waals surface area contributed by atoms with Crippen molar-refractivity contribution in [2.75, 3.05) is 13.2 Å². The maximum Gasteiger partial charge on any atom is 0.290 e. The van der Waals surface area contributed by atoms with Crippen LogP contribution in [-0.4, -0.2) is 30.5 Å². The van der Waals surface area contributed by atoms with Crippen LogP contribution < -0.4 is 10.1 Å². The third-order valence-electron chi connectivity index (χ3n) is 2.70. The highest BCUT2D eigenvalue weighted by Gasteiger charge is 2.25. The van der Waals surface area contributed by atoms with Gasteiger partial charge in [0.15, 0.2) is 0 Å². The Bertz CT molecular complexity index is 616. The number of amides is 2. The fourth-order valence-corrected chi connectivity index (χ4v) is 2.62. The molecule has 0 unspecified atom stereocenters. The van der Waals surface area contributed by atoms with Crippen LogP contribution in [0.5, 0.6) is 5.75 Å². The summed E-state index contributed by atoms with van der Waals surface area (Å²) in [6.45, 7) is 4.85. The highest BCUT2D eigenvalue weighted by Crippen LogP contribution is 2.29. The predicted molar refractivity (Wildman–Crippen MR) is 87.1 cm³/mol. The monoisotopic (exact) mass is 341 g/mol. The molecule has 0 radical (unpaired) electrons. The van der Waals surface area contributed by atoms with Gasteiger partial charge in [0.1, 0.15) is 12.4 Å². The number of carbonyl (C=O) groups is 2. The van der Waals surface area contributed by atoms with E-state index < -0.39 is 5.91 Å². The number of benzene rings is 1. The van der Waals surface area contributed by atoms with Gasteiger partial charge in [-0.25, -0.2) is 0 Å². The molecule has 1 fully saturated rings. The van der Waals surface area contributed by atoms with E-state index in [4.69, 9.17) is 21.1 Å². The second kappa shape index (κ2) is 7.67. The van der Waals surface area contributed by atoms with Crippen LogP contribution in [0.2, 0.25) is 5.02 Å². The van der Waals surface area contributed by atoms with E-state index in [1.807, 2.05) is 13.8 Å². The van der Waals surface area contributed by atoms with Crippen LogP contribution in [0.4, 0.5) is 4.79 Å². The zero-order valence-corrected chi connectivity index (χ0v) is 13.8. The van der Waals surface area contributed by atoms with Gasteiger partial charge in [-0.1, -0.05) is 11.6 Å². The predicted octanol–water partition coefficient (Wildman–Crippen LogP) is 3.47. The van der Waals surface area contributed by atoms with Crippen molar-refractivity contribution in [3.05, 3.63) is 33.7 Å². The number of nitrogens with one attached hydrogen (secondary N) is 1. The van der Waals surface area contributed by atoms with Gasteiger partial charge < -0.3 is 9.47 Å². The molecule has 1 N–H and O–H groups in total. The topological polar surface area (TPSA) is 64.6 Å². The average Bonchev–Trinajstić information content (AvgIpc) is 2.75. The Morgan fingerprint density at radius 2 is 2.09 bits per heavy atom. The minimum atomic E-state index is -0.405. The van der Waals surface area contributed by atoms with Gasteiger partial charge >= 0.3 is 0 Å². The molecule has 1 saturated heterocycles. The van der Waals surface area contributed by atoms with E-state index in [0.717, 1.165) is 11.8 Å². The molecule has 118 valence electrons. The van der Waals surface area contributed by atoms with E-state index >= 15 is 0 Å². The lowest BCUT2D eigenvalue weighted by molar-refractivity contribution is -0.115. The van der Waals surface area contributed by atoms with Gasteiger partial charge in [0.05, 0.1) is 22.6 Å². The SMILES string of the molecule is CC(C)OCCOc1ccc(/C=C2\SC(=O)NC2=O)c(Cl)c1. The van der Waals surface area contributed by atoms with Crippen molar-refractivity contribution in [1.82, 2.24) is 5.32 Å². The summed E-state index contributed by atoms with van der Waals surface area (Å²) in [5.74, 6) is 0.219. The Labute approximate surface area is 138 Å². The second-order valence-electron chi connectivity index (χ2n) is 4.80. The normalized spacial score (nSPS) is 16.5. The summed E-state index contributed by atoms with van der Waals surface area (Å²) in [5, 5.41) is 2.27. The van der Waals surface area contributed by atoms with Crippen LogP contribution in [0.3, 0.4) is 0 Å². The molecule has 2 amide bonds. The molecule has 1 aliphatic rings. The van der Waals surface area contributed by atoms with E-state index in [0.29, 0.717) is 34.5 Å². The van der Waals surface area contributed by atoms with Crippen molar-refractivity contribution in [2.45, 2.75) is 20.0 Å². The van der Waals surface area contributed by atoms with Crippen LogP contribution >= 0.6 is 23.4 Å². The molecule has 1 aromatic carbocycles. The Hall–Kier alpha value is -1.50. The highest BCUT2D eigenvalue weighted by atomic mass is 35.5. The van der Waals surface area contributed by atoms with Gasteiger partial charge in [-0.2, -0.15) is 0 Å². The molecule has 2 rings (SSSR count). The van der Waals surface area contributed by atoms with Gasteiger partial charge in [0, 0.05) is 0 Å². The standard InChI is InChI=1S/C15H16ClNO4S/c1-9(2)20-5-6-21-11-4-3-10(12(16)8-11)7-13-14(18)17-15(19)22-13/h3-4,7-9H,5-6H2,1-2H3,(H,17,18,19)/b13-7-. The molecule has 1 heterocycles. The molecule has 1 aromatic rings. The lowest BCUT2D eigenvalue weighted by atomic mass is 10.2. The zero-order valence-electron chi connectivity index (χ0n) is 12.2. The summed E-state index contributed by atoms with van der Waals surface area (Å²) >= 11 is 7.03. The number of carbonyl (C=O) groups excluding carboxylic acids is 2. The second-order valence-corrected chi connectivity index (χ2v) is 6.23. The quantitative estimate of drug-likeness (QED) is 0.634. The molecule has 22 heavy (non-hydrogen) atoms. The van der Waals surface area contributed by atoms with Gasteiger partial charge in [-0.3, -0.25) is 14.9 Å². The molecule has 1 aliphatic heterocycles. The van der Waals surface area contributed by atoms with Gasteiger partial charge in [-0.05, 0) is 55.4 Å². The van der Waals surface area contributed by atoms with Crippen LogP contribution in [0.25, 0.3) is 6.08 Å². The largest absolute Gasteiger partial charge is 0.491 e. The summed E-state index contributed by atoms with van der Waals surface area (Å²) < 4.78 is 10.9. The molecule has 0 aromatic heterocycles. The van der Waals surface area contributed by atoms with Crippen molar-refractivity contribution >= 4 is 40.6 Å². The zero-order chi connectivity index (χ0) is 16.1. The van der Waals surface area contributed by atoms with Crippen LogP contribution in [0, 0.1) is 0 Å². The number of thioether (sulfide) groups is 1. The summed E-state index contributed by atoms with van der Waals surface area (Å²) in [6, 6.07) is 5.17. The minimum absolute atomic E-state index is 0.166. The Morgan fingerprint density at radius 3 is 2.68 bits per heavy atom. The van der Waals surface area contributed by atoms with Crippen molar-refractivity contribution < 1.29 is 19.1 Å².